The second-order valence-electron chi connectivity index (χ2n) is 17.6. The molecule has 280 valence electrons. The van der Waals surface area contributed by atoms with Crippen LogP contribution in [0.15, 0.2) is 182 Å². The third-order valence-electron chi connectivity index (χ3n) is 13.2. The molecule has 11 rings (SSSR count). The van der Waals surface area contributed by atoms with Crippen LogP contribution in [0.3, 0.4) is 0 Å². The first-order chi connectivity index (χ1) is 28.2. The number of aromatic nitrogens is 2. The molecule has 0 aliphatic heterocycles. The van der Waals surface area contributed by atoms with Crippen LogP contribution < -0.4 is 0 Å². The van der Waals surface area contributed by atoms with E-state index in [1.807, 2.05) is 0 Å². The van der Waals surface area contributed by atoms with E-state index >= 15 is 0 Å². The molecular formula is C56H46N2. The number of rotatable bonds is 5. The van der Waals surface area contributed by atoms with Crippen LogP contribution in [0.1, 0.15) is 51.7 Å². The van der Waals surface area contributed by atoms with Crippen molar-refractivity contribution in [1.82, 2.24) is 9.13 Å². The quantitative estimate of drug-likeness (QED) is 0.166. The van der Waals surface area contributed by atoms with Crippen molar-refractivity contribution in [2.24, 2.45) is 0 Å². The standard InChI is InChI=1S/C56H46N2/c1-55(2)31-32-56(3,4)54-48(55)22-14-24-53(54)58-51-29-25-40(38-17-9-6-10-18-38)34-46(51)47-36-42(27-30-52(47)58)41-26-28-50-45(35-41)44-21-11-12-23-49(44)57(50)43-20-13-19-39(33-43)37-15-7-5-8-16-37/h5-30,33-36H,31-32H2,1-4H3. The van der Waals surface area contributed by atoms with Gasteiger partial charge in [0.2, 0.25) is 0 Å². The minimum atomic E-state index is 0.0612. The van der Waals surface area contributed by atoms with Gasteiger partial charge in [0.15, 0.2) is 0 Å². The molecule has 0 N–H and O–H groups in total. The van der Waals surface area contributed by atoms with Crippen LogP contribution in [0.2, 0.25) is 0 Å². The van der Waals surface area contributed by atoms with E-state index < -0.39 is 0 Å². The molecule has 1 aliphatic carbocycles. The summed E-state index contributed by atoms with van der Waals surface area (Å²) in [5.74, 6) is 0. The molecule has 58 heavy (non-hydrogen) atoms. The first-order valence-corrected chi connectivity index (χ1v) is 20.7. The first kappa shape index (κ1) is 34.6. The lowest BCUT2D eigenvalue weighted by Gasteiger charge is -2.43. The van der Waals surface area contributed by atoms with Gasteiger partial charge < -0.3 is 9.13 Å². The summed E-state index contributed by atoms with van der Waals surface area (Å²) < 4.78 is 4.98. The molecule has 0 radical (unpaired) electrons. The molecule has 0 saturated heterocycles. The highest BCUT2D eigenvalue weighted by Gasteiger charge is 2.39. The normalized spacial score (nSPS) is 14.7. The van der Waals surface area contributed by atoms with Crippen molar-refractivity contribution in [3.8, 4) is 44.8 Å². The third kappa shape index (κ3) is 5.39. The highest BCUT2D eigenvalue weighted by atomic mass is 15.0. The fourth-order valence-corrected chi connectivity index (χ4v) is 10.0. The van der Waals surface area contributed by atoms with Crippen LogP contribution in [0.4, 0.5) is 0 Å². The van der Waals surface area contributed by atoms with Gasteiger partial charge in [-0.2, -0.15) is 0 Å². The van der Waals surface area contributed by atoms with Gasteiger partial charge in [0, 0.05) is 27.2 Å². The summed E-state index contributed by atoms with van der Waals surface area (Å²) in [6.07, 6.45) is 2.36. The summed E-state index contributed by atoms with van der Waals surface area (Å²) in [4.78, 5) is 0. The fraction of sp³-hybridized carbons (Fsp3) is 0.143. The largest absolute Gasteiger partial charge is 0.309 e. The zero-order valence-corrected chi connectivity index (χ0v) is 33.6. The van der Waals surface area contributed by atoms with E-state index in [1.54, 1.807) is 0 Å². The number of fused-ring (bicyclic) bond motifs is 7. The molecule has 0 amide bonds. The lowest BCUT2D eigenvalue weighted by Crippen LogP contribution is -2.35. The Morgan fingerprint density at radius 2 is 0.810 bits per heavy atom. The van der Waals surface area contributed by atoms with Crippen LogP contribution >= 0.6 is 0 Å². The van der Waals surface area contributed by atoms with Crippen molar-refractivity contribution < 1.29 is 0 Å². The van der Waals surface area contributed by atoms with E-state index in [2.05, 4.69) is 219 Å². The number of hydrogen-bond acceptors (Lipinski definition) is 0. The zero-order valence-electron chi connectivity index (χ0n) is 33.6. The molecule has 0 atom stereocenters. The van der Waals surface area contributed by atoms with Gasteiger partial charge in [0.25, 0.3) is 0 Å². The molecule has 10 aromatic rings. The minimum absolute atomic E-state index is 0.0612. The maximum atomic E-state index is 2.56. The summed E-state index contributed by atoms with van der Waals surface area (Å²) in [5, 5.41) is 5.07. The van der Waals surface area contributed by atoms with E-state index in [4.69, 9.17) is 0 Å². The smallest absolute Gasteiger partial charge is 0.0541 e. The van der Waals surface area contributed by atoms with Gasteiger partial charge >= 0.3 is 0 Å². The summed E-state index contributed by atoms with van der Waals surface area (Å²) in [7, 11) is 0. The molecule has 2 heterocycles. The third-order valence-corrected chi connectivity index (χ3v) is 13.2. The van der Waals surface area contributed by atoms with Crippen LogP contribution in [-0.2, 0) is 10.8 Å². The van der Waals surface area contributed by atoms with Gasteiger partial charge in [-0.05, 0) is 129 Å². The van der Waals surface area contributed by atoms with Crippen LogP contribution in [0.5, 0.6) is 0 Å². The lowest BCUT2D eigenvalue weighted by molar-refractivity contribution is 0.331. The Hall–Kier alpha value is -6.64. The minimum Gasteiger partial charge on any atom is -0.309 e. The maximum absolute atomic E-state index is 2.56. The Kier molecular flexibility index (Phi) is 7.72. The monoisotopic (exact) mass is 746 g/mol. The summed E-state index contributed by atoms with van der Waals surface area (Å²) in [6.45, 7) is 9.73. The number of para-hydroxylation sites is 1. The van der Waals surface area contributed by atoms with Gasteiger partial charge in [-0.15, -0.1) is 0 Å². The molecule has 0 saturated carbocycles. The van der Waals surface area contributed by atoms with E-state index in [1.165, 1.54) is 112 Å². The Morgan fingerprint density at radius 3 is 1.45 bits per heavy atom. The Labute approximate surface area is 340 Å². The number of hydrogen-bond donors (Lipinski definition) is 0. The Balaban J connectivity index is 1.12. The van der Waals surface area contributed by atoms with Gasteiger partial charge in [-0.3, -0.25) is 0 Å². The summed E-state index contributed by atoms with van der Waals surface area (Å²) in [5.41, 5.74) is 17.9. The lowest BCUT2D eigenvalue weighted by atomic mass is 9.62. The SMILES string of the molecule is CC1(C)CCC(C)(C)c2c(-n3c4ccc(-c5ccccc5)cc4c4cc(-c5ccc6c(c5)c5ccccc5n6-c5cccc(-c6ccccc6)c5)ccc43)cccc21. The van der Waals surface area contributed by atoms with Crippen LogP contribution in [0.25, 0.3) is 88.4 Å². The van der Waals surface area contributed by atoms with Crippen molar-refractivity contribution in [1.29, 1.82) is 0 Å². The highest BCUT2D eigenvalue weighted by Crippen LogP contribution is 2.49. The second-order valence-corrected chi connectivity index (χ2v) is 17.6. The predicted octanol–water partition coefficient (Wildman–Crippen LogP) is 15.2. The summed E-state index contributed by atoms with van der Waals surface area (Å²) >= 11 is 0. The van der Waals surface area contributed by atoms with Gasteiger partial charge in [0.1, 0.15) is 0 Å². The van der Waals surface area contributed by atoms with E-state index in [9.17, 15) is 0 Å². The molecule has 2 nitrogen and oxygen atoms in total. The summed E-state index contributed by atoms with van der Waals surface area (Å²) in [6, 6.07) is 67.5. The predicted molar refractivity (Wildman–Crippen MR) is 247 cm³/mol. The molecule has 2 heteroatoms. The number of nitrogens with zero attached hydrogens (tertiary/aromatic N) is 2. The van der Waals surface area contributed by atoms with Crippen LogP contribution in [0, 0.1) is 0 Å². The molecule has 1 aliphatic rings. The van der Waals surface area contributed by atoms with E-state index in [0.29, 0.717) is 0 Å². The Bertz CT molecular complexity index is 3210. The number of benzene rings is 8. The van der Waals surface area contributed by atoms with Crippen molar-refractivity contribution in [3.63, 3.8) is 0 Å². The van der Waals surface area contributed by atoms with E-state index in [-0.39, 0.29) is 10.8 Å². The Morgan fingerprint density at radius 1 is 0.345 bits per heavy atom. The maximum Gasteiger partial charge on any atom is 0.0541 e. The molecule has 0 spiro atoms. The average Bonchev–Trinajstić information content (AvgIpc) is 3.77. The van der Waals surface area contributed by atoms with Gasteiger partial charge in [-0.25, -0.2) is 0 Å². The fourth-order valence-electron chi connectivity index (χ4n) is 10.0. The highest BCUT2D eigenvalue weighted by molar-refractivity contribution is 6.13. The van der Waals surface area contributed by atoms with Crippen molar-refractivity contribution in [3.05, 3.63) is 193 Å². The van der Waals surface area contributed by atoms with Crippen LogP contribution in [-0.4, -0.2) is 9.13 Å². The second kappa shape index (κ2) is 12.9. The first-order valence-electron chi connectivity index (χ1n) is 20.7. The topological polar surface area (TPSA) is 9.86 Å². The molecule has 8 aromatic carbocycles. The van der Waals surface area contributed by atoms with Crippen molar-refractivity contribution >= 4 is 43.6 Å². The molecule has 0 bridgehead atoms. The molecular weight excluding hydrogens is 701 g/mol. The van der Waals surface area contributed by atoms with Gasteiger partial charge in [-0.1, -0.05) is 149 Å². The molecule has 0 unspecified atom stereocenters. The zero-order chi connectivity index (χ0) is 39.2. The van der Waals surface area contributed by atoms with Crippen molar-refractivity contribution in [2.75, 3.05) is 0 Å². The van der Waals surface area contributed by atoms with Crippen molar-refractivity contribution in [2.45, 2.75) is 51.4 Å². The molecule has 0 fully saturated rings. The molecule has 2 aromatic heterocycles. The van der Waals surface area contributed by atoms with Gasteiger partial charge in [0.05, 0.1) is 27.8 Å². The van der Waals surface area contributed by atoms with E-state index in [0.717, 1.165) is 0 Å². The average molecular weight is 747 g/mol.